The first-order chi connectivity index (χ1) is 11.5. The summed E-state index contributed by atoms with van der Waals surface area (Å²) >= 11 is 0. The largest absolute Gasteiger partial charge is 0.352 e. The molecule has 0 radical (unpaired) electrons. The van der Waals surface area contributed by atoms with E-state index in [1.807, 2.05) is 6.92 Å². The Morgan fingerprint density at radius 3 is 2.54 bits per heavy atom. The van der Waals surface area contributed by atoms with Crippen LogP contribution in [0.5, 0.6) is 0 Å². The Labute approximate surface area is 141 Å². The number of carbonyl (C=O) groups excluding carboxylic acids is 3. The second-order valence-electron chi connectivity index (χ2n) is 6.00. The Bertz CT molecular complexity index is 614. The minimum atomic E-state index is -0.232. The summed E-state index contributed by atoms with van der Waals surface area (Å²) in [6, 6.07) is 7.07. The van der Waals surface area contributed by atoms with Crippen LogP contribution >= 0.6 is 0 Å². The molecule has 1 aliphatic rings. The normalized spacial score (nSPS) is 13.5. The standard InChI is InChI=1S/C17H24N4O3/c1-3-18-17(24)12-5-4-6-14(9-12)20-16(23)11-21(2)10-15(22)19-13-7-8-13/h4-6,9,13H,3,7-8,10-11H2,1-2H3,(H,18,24)(H,19,22)(H,20,23). The van der Waals surface area contributed by atoms with Gasteiger partial charge in [-0.2, -0.15) is 0 Å². The fraction of sp³-hybridized carbons (Fsp3) is 0.471. The molecule has 2 rings (SSSR count). The van der Waals surface area contributed by atoms with Crippen molar-refractivity contribution < 1.29 is 14.4 Å². The summed E-state index contributed by atoms with van der Waals surface area (Å²) < 4.78 is 0. The molecule has 0 heterocycles. The van der Waals surface area contributed by atoms with E-state index in [1.54, 1.807) is 36.2 Å². The van der Waals surface area contributed by atoms with Gasteiger partial charge in [-0.3, -0.25) is 19.3 Å². The van der Waals surface area contributed by atoms with Crippen molar-refractivity contribution in [3.63, 3.8) is 0 Å². The van der Waals surface area contributed by atoms with Gasteiger partial charge < -0.3 is 16.0 Å². The van der Waals surface area contributed by atoms with Crippen LogP contribution in [0.3, 0.4) is 0 Å². The molecule has 130 valence electrons. The number of carbonyl (C=O) groups is 3. The quantitative estimate of drug-likeness (QED) is 0.650. The van der Waals surface area contributed by atoms with Gasteiger partial charge >= 0.3 is 0 Å². The van der Waals surface area contributed by atoms with Crippen molar-refractivity contribution in [1.29, 1.82) is 0 Å². The molecule has 1 aromatic rings. The second-order valence-corrected chi connectivity index (χ2v) is 6.00. The third-order valence-corrected chi connectivity index (χ3v) is 3.52. The Kier molecular flexibility index (Phi) is 6.31. The van der Waals surface area contributed by atoms with Crippen LogP contribution in [-0.2, 0) is 9.59 Å². The number of anilines is 1. The summed E-state index contributed by atoms with van der Waals surface area (Å²) in [6.07, 6.45) is 2.08. The molecule has 1 aromatic carbocycles. The minimum Gasteiger partial charge on any atom is -0.352 e. The highest BCUT2D eigenvalue weighted by Crippen LogP contribution is 2.18. The number of nitrogens with zero attached hydrogens (tertiary/aromatic N) is 1. The van der Waals surface area contributed by atoms with E-state index in [0.29, 0.717) is 23.8 Å². The lowest BCUT2D eigenvalue weighted by Crippen LogP contribution is -2.39. The first-order valence-electron chi connectivity index (χ1n) is 8.14. The Morgan fingerprint density at radius 1 is 1.17 bits per heavy atom. The summed E-state index contributed by atoms with van der Waals surface area (Å²) in [5.74, 6) is -0.474. The Hall–Kier alpha value is -2.41. The monoisotopic (exact) mass is 332 g/mol. The third kappa shape index (κ3) is 6.00. The van der Waals surface area contributed by atoms with E-state index in [0.717, 1.165) is 12.8 Å². The number of hydrogen-bond acceptors (Lipinski definition) is 4. The molecule has 0 bridgehead atoms. The predicted octanol–water partition coefficient (Wildman–Crippen LogP) is 0.585. The molecule has 7 nitrogen and oxygen atoms in total. The lowest BCUT2D eigenvalue weighted by atomic mass is 10.2. The van der Waals surface area contributed by atoms with E-state index in [-0.39, 0.29) is 30.8 Å². The molecule has 24 heavy (non-hydrogen) atoms. The van der Waals surface area contributed by atoms with Crippen LogP contribution in [0.1, 0.15) is 30.1 Å². The van der Waals surface area contributed by atoms with Crippen molar-refractivity contribution in [1.82, 2.24) is 15.5 Å². The first-order valence-corrected chi connectivity index (χ1v) is 8.14. The van der Waals surface area contributed by atoms with Gasteiger partial charge in [-0.1, -0.05) is 6.07 Å². The molecule has 0 aliphatic heterocycles. The summed E-state index contributed by atoms with van der Waals surface area (Å²) in [5, 5.41) is 8.34. The van der Waals surface area contributed by atoms with Crippen molar-refractivity contribution in [2.75, 3.05) is 32.0 Å². The fourth-order valence-electron chi connectivity index (χ4n) is 2.25. The van der Waals surface area contributed by atoms with E-state index in [4.69, 9.17) is 0 Å². The van der Waals surface area contributed by atoms with Gasteiger partial charge in [0.25, 0.3) is 5.91 Å². The molecule has 1 saturated carbocycles. The number of amides is 3. The van der Waals surface area contributed by atoms with Gasteiger partial charge in [0.15, 0.2) is 0 Å². The maximum Gasteiger partial charge on any atom is 0.251 e. The van der Waals surface area contributed by atoms with Crippen LogP contribution in [0.25, 0.3) is 0 Å². The van der Waals surface area contributed by atoms with Crippen LogP contribution < -0.4 is 16.0 Å². The molecule has 1 aliphatic carbocycles. The zero-order chi connectivity index (χ0) is 17.5. The van der Waals surface area contributed by atoms with E-state index < -0.39 is 0 Å². The van der Waals surface area contributed by atoms with Gasteiger partial charge in [0, 0.05) is 23.8 Å². The average Bonchev–Trinajstić information content (AvgIpc) is 3.31. The van der Waals surface area contributed by atoms with Gasteiger partial charge in [-0.25, -0.2) is 0 Å². The molecule has 0 aromatic heterocycles. The summed E-state index contributed by atoms with van der Waals surface area (Å²) in [5.41, 5.74) is 1.05. The zero-order valence-corrected chi connectivity index (χ0v) is 14.1. The van der Waals surface area contributed by atoms with Gasteiger partial charge in [0.2, 0.25) is 11.8 Å². The maximum atomic E-state index is 12.1. The van der Waals surface area contributed by atoms with E-state index in [1.165, 1.54) is 0 Å². The SMILES string of the molecule is CCNC(=O)c1cccc(NC(=O)CN(C)CC(=O)NC2CC2)c1. The molecule has 3 N–H and O–H groups in total. The molecule has 0 spiro atoms. The number of likely N-dealkylation sites (N-methyl/N-ethyl adjacent to an activating group) is 1. The lowest BCUT2D eigenvalue weighted by molar-refractivity contribution is -0.123. The van der Waals surface area contributed by atoms with Gasteiger partial charge in [-0.05, 0) is 45.0 Å². The number of benzene rings is 1. The van der Waals surface area contributed by atoms with Crippen LogP contribution in [-0.4, -0.2) is 55.3 Å². The second kappa shape index (κ2) is 8.44. The topological polar surface area (TPSA) is 90.5 Å². The maximum absolute atomic E-state index is 12.1. The van der Waals surface area contributed by atoms with Crippen LogP contribution in [0.15, 0.2) is 24.3 Å². The third-order valence-electron chi connectivity index (χ3n) is 3.52. The highest BCUT2D eigenvalue weighted by molar-refractivity contribution is 5.97. The smallest absolute Gasteiger partial charge is 0.251 e. The number of hydrogen-bond donors (Lipinski definition) is 3. The minimum absolute atomic E-state index is 0.0639. The van der Waals surface area contributed by atoms with Gasteiger partial charge in [0.1, 0.15) is 0 Å². The molecule has 0 saturated heterocycles. The van der Waals surface area contributed by atoms with Crippen LogP contribution in [0.4, 0.5) is 5.69 Å². The molecule has 3 amide bonds. The molecule has 0 atom stereocenters. The molecular weight excluding hydrogens is 308 g/mol. The number of rotatable bonds is 8. The predicted molar refractivity (Wildman–Crippen MR) is 91.7 cm³/mol. The van der Waals surface area contributed by atoms with E-state index in [9.17, 15) is 14.4 Å². The Morgan fingerprint density at radius 2 is 1.88 bits per heavy atom. The molecule has 0 unspecified atom stereocenters. The molecular formula is C17H24N4O3. The van der Waals surface area contributed by atoms with Gasteiger partial charge in [0.05, 0.1) is 13.1 Å². The van der Waals surface area contributed by atoms with Crippen molar-refractivity contribution >= 4 is 23.4 Å². The van der Waals surface area contributed by atoms with Crippen molar-refractivity contribution in [3.05, 3.63) is 29.8 Å². The zero-order valence-electron chi connectivity index (χ0n) is 14.1. The van der Waals surface area contributed by atoms with Gasteiger partial charge in [-0.15, -0.1) is 0 Å². The highest BCUT2D eigenvalue weighted by atomic mass is 16.2. The summed E-state index contributed by atoms with van der Waals surface area (Å²) in [4.78, 5) is 37.2. The average molecular weight is 332 g/mol. The fourth-order valence-corrected chi connectivity index (χ4v) is 2.25. The Balaban J connectivity index is 1.81. The van der Waals surface area contributed by atoms with E-state index in [2.05, 4.69) is 16.0 Å². The van der Waals surface area contributed by atoms with Crippen molar-refractivity contribution in [3.8, 4) is 0 Å². The van der Waals surface area contributed by atoms with Crippen molar-refractivity contribution in [2.24, 2.45) is 0 Å². The van der Waals surface area contributed by atoms with Crippen molar-refractivity contribution in [2.45, 2.75) is 25.8 Å². The highest BCUT2D eigenvalue weighted by Gasteiger charge is 2.23. The molecule has 7 heteroatoms. The van der Waals surface area contributed by atoms with Crippen LogP contribution in [0.2, 0.25) is 0 Å². The summed E-state index contributed by atoms with van der Waals surface area (Å²) in [7, 11) is 1.72. The lowest BCUT2D eigenvalue weighted by Gasteiger charge is -2.16. The first kappa shape index (κ1) is 17.9. The van der Waals surface area contributed by atoms with Crippen LogP contribution in [0, 0.1) is 0 Å². The summed E-state index contributed by atoms with van der Waals surface area (Å²) in [6.45, 7) is 2.67. The molecule has 1 fully saturated rings. The van der Waals surface area contributed by atoms with E-state index >= 15 is 0 Å². The number of nitrogens with one attached hydrogen (secondary N) is 3.